The summed E-state index contributed by atoms with van der Waals surface area (Å²) in [4.78, 5) is 17.6. The van der Waals surface area contributed by atoms with Gasteiger partial charge in [-0.2, -0.15) is 0 Å². The first-order valence-corrected chi connectivity index (χ1v) is 12.2. The van der Waals surface area contributed by atoms with E-state index in [0.717, 1.165) is 30.4 Å². The Balaban J connectivity index is 1.46. The maximum Gasteiger partial charge on any atom is 0.341 e. The molecule has 1 aromatic rings. The fourth-order valence-electron chi connectivity index (χ4n) is 5.43. The molecule has 4 heteroatoms. The Morgan fingerprint density at radius 3 is 2.65 bits per heavy atom. The van der Waals surface area contributed by atoms with Crippen molar-refractivity contribution in [2.45, 2.75) is 104 Å². The van der Waals surface area contributed by atoms with Crippen LogP contribution in [-0.2, 0) is 20.7 Å². The van der Waals surface area contributed by atoms with Crippen LogP contribution in [0.1, 0.15) is 97.2 Å². The highest BCUT2D eigenvalue weighted by Gasteiger charge is 2.54. The smallest absolute Gasteiger partial charge is 0.341 e. The maximum absolute atomic E-state index is 13.0. The number of rotatable bonds is 9. The van der Waals surface area contributed by atoms with E-state index in [1.807, 2.05) is 20.0 Å². The van der Waals surface area contributed by atoms with Gasteiger partial charge in [0.15, 0.2) is 5.60 Å². The Morgan fingerprint density at radius 2 is 2.03 bits per heavy atom. The predicted molar refractivity (Wildman–Crippen MR) is 122 cm³/mol. The van der Waals surface area contributed by atoms with Crippen molar-refractivity contribution in [1.29, 1.82) is 0 Å². The van der Waals surface area contributed by atoms with E-state index in [1.165, 1.54) is 31.2 Å². The first-order chi connectivity index (χ1) is 14.4. The maximum atomic E-state index is 13.0. The Labute approximate surface area is 188 Å². The van der Waals surface area contributed by atoms with Gasteiger partial charge in [-0.15, -0.1) is 0 Å². The third kappa shape index (κ3) is 5.88. The monoisotopic (exact) mass is 426 g/mol. The van der Waals surface area contributed by atoms with Gasteiger partial charge in [-0.1, -0.05) is 40.5 Å². The molecule has 171 valence electrons. The molecule has 4 rings (SSSR count). The van der Waals surface area contributed by atoms with Gasteiger partial charge in [0, 0.05) is 38.6 Å². The zero-order valence-electron chi connectivity index (χ0n) is 20.2. The zero-order chi connectivity index (χ0) is 22.4. The molecule has 31 heavy (non-hydrogen) atoms. The van der Waals surface area contributed by atoms with E-state index in [9.17, 15) is 4.79 Å². The Bertz CT molecular complexity index is 807. The minimum absolute atomic E-state index is 0.258. The summed E-state index contributed by atoms with van der Waals surface area (Å²) in [5.41, 5.74) is 1.49. The fourth-order valence-corrected chi connectivity index (χ4v) is 5.43. The highest BCUT2D eigenvalue weighted by Crippen LogP contribution is 2.54. The average Bonchev–Trinajstić information content (AvgIpc) is 3.55. The SMILES string of the molecule is CC(C[CH][C@]1(Cc2cc([C@H]3C[C@@H]3CC3CC3)ccn2)OC(C)(C)OC1=O)CC(C)(C)C. The van der Waals surface area contributed by atoms with Gasteiger partial charge in [-0.25, -0.2) is 4.79 Å². The third-order valence-electron chi connectivity index (χ3n) is 6.89. The molecule has 3 fully saturated rings. The first-order valence-electron chi connectivity index (χ1n) is 12.2. The van der Waals surface area contributed by atoms with Crippen LogP contribution in [0, 0.1) is 29.6 Å². The van der Waals surface area contributed by atoms with Crippen molar-refractivity contribution in [2.75, 3.05) is 0 Å². The lowest BCUT2D eigenvalue weighted by atomic mass is 9.81. The molecule has 0 aromatic carbocycles. The summed E-state index contributed by atoms with van der Waals surface area (Å²) in [6.07, 6.45) is 11.8. The van der Waals surface area contributed by atoms with Crippen LogP contribution in [0.15, 0.2) is 18.3 Å². The largest absolute Gasteiger partial charge is 0.431 e. The number of nitrogens with zero attached hydrogens (tertiary/aromatic N) is 1. The van der Waals surface area contributed by atoms with Crippen LogP contribution < -0.4 is 0 Å². The van der Waals surface area contributed by atoms with E-state index in [1.54, 1.807) is 0 Å². The van der Waals surface area contributed by atoms with E-state index in [2.05, 4.69) is 51.2 Å². The molecule has 2 aliphatic carbocycles. The number of pyridine rings is 1. The predicted octanol–water partition coefficient (Wildman–Crippen LogP) is 6.24. The standard InChI is InChI=1S/C27H40NO3/c1-18(16-25(2,3)4)9-11-27(24(29)30-26(5,6)31-27)17-22-14-20(10-12-28-22)23-15-21(23)13-19-7-8-19/h10-12,14,18-19,21,23H,7-9,13,15-17H2,1-6H3/t18?,21-,23+,27+/m0/s1. The summed E-state index contributed by atoms with van der Waals surface area (Å²) in [5.74, 6) is 1.75. The second kappa shape index (κ2) is 8.17. The van der Waals surface area contributed by atoms with Gasteiger partial charge in [0.05, 0.1) is 0 Å². The van der Waals surface area contributed by atoms with Gasteiger partial charge in [0.2, 0.25) is 5.79 Å². The summed E-state index contributed by atoms with van der Waals surface area (Å²) in [6.45, 7) is 12.6. The number of hydrogen-bond acceptors (Lipinski definition) is 4. The van der Waals surface area contributed by atoms with Gasteiger partial charge in [-0.3, -0.25) is 4.98 Å². The van der Waals surface area contributed by atoms with E-state index in [4.69, 9.17) is 9.47 Å². The van der Waals surface area contributed by atoms with Crippen molar-refractivity contribution in [3.8, 4) is 0 Å². The van der Waals surface area contributed by atoms with Crippen LogP contribution in [0.3, 0.4) is 0 Å². The molecule has 4 nitrogen and oxygen atoms in total. The second-order valence-electron chi connectivity index (χ2n) is 12.1. The van der Waals surface area contributed by atoms with Crippen LogP contribution in [0.5, 0.6) is 0 Å². The van der Waals surface area contributed by atoms with Crippen molar-refractivity contribution in [3.05, 3.63) is 36.0 Å². The van der Waals surface area contributed by atoms with Gasteiger partial charge in [0.1, 0.15) is 0 Å². The van der Waals surface area contributed by atoms with E-state index in [0.29, 0.717) is 18.3 Å². The summed E-state index contributed by atoms with van der Waals surface area (Å²) >= 11 is 0. The molecule has 2 saturated carbocycles. The molecular formula is C27H40NO3. The average molecular weight is 427 g/mol. The quantitative estimate of drug-likeness (QED) is 0.438. The van der Waals surface area contributed by atoms with Crippen molar-refractivity contribution < 1.29 is 14.3 Å². The minimum atomic E-state index is -1.06. The lowest BCUT2D eigenvalue weighted by Crippen LogP contribution is -2.41. The minimum Gasteiger partial charge on any atom is -0.431 e. The molecule has 1 unspecified atom stereocenters. The van der Waals surface area contributed by atoms with Crippen LogP contribution in [0.4, 0.5) is 0 Å². The topological polar surface area (TPSA) is 48.4 Å². The molecule has 0 spiro atoms. The summed E-state index contributed by atoms with van der Waals surface area (Å²) < 4.78 is 11.9. The highest BCUT2D eigenvalue weighted by atomic mass is 16.8. The van der Waals surface area contributed by atoms with Gasteiger partial charge in [0.25, 0.3) is 0 Å². The second-order valence-corrected chi connectivity index (χ2v) is 12.1. The van der Waals surface area contributed by atoms with Crippen LogP contribution >= 0.6 is 0 Å². The molecule has 2 heterocycles. The molecule has 1 aliphatic heterocycles. The normalized spacial score (nSPS) is 30.8. The summed E-state index contributed by atoms with van der Waals surface area (Å²) in [7, 11) is 0. The molecule has 0 bridgehead atoms. The number of aromatic nitrogens is 1. The Morgan fingerprint density at radius 1 is 1.29 bits per heavy atom. The first kappa shape index (κ1) is 22.8. The number of hydrogen-bond donors (Lipinski definition) is 0. The van der Waals surface area contributed by atoms with E-state index < -0.39 is 11.4 Å². The summed E-state index contributed by atoms with van der Waals surface area (Å²) in [6, 6.07) is 4.36. The van der Waals surface area contributed by atoms with Crippen molar-refractivity contribution in [1.82, 2.24) is 4.98 Å². The number of cyclic esters (lactones) is 1. The number of carbonyl (C=O) groups excluding carboxylic acids is 1. The van der Waals surface area contributed by atoms with Crippen molar-refractivity contribution in [2.24, 2.45) is 23.2 Å². The fraction of sp³-hybridized carbons (Fsp3) is 0.741. The summed E-state index contributed by atoms with van der Waals surface area (Å²) in [5, 5.41) is 0. The highest BCUT2D eigenvalue weighted by molar-refractivity contribution is 5.83. The molecule has 1 aromatic heterocycles. The molecule has 1 radical (unpaired) electrons. The van der Waals surface area contributed by atoms with E-state index in [-0.39, 0.29) is 11.4 Å². The molecule has 1 saturated heterocycles. The molecule has 4 atom stereocenters. The molecular weight excluding hydrogens is 386 g/mol. The number of esters is 1. The van der Waals surface area contributed by atoms with Crippen LogP contribution in [0.25, 0.3) is 0 Å². The van der Waals surface area contributed by atoms with Gasteiger partial charge in [-0.05, 0) is 72.5 Å². The number of carbonyl (C=O) groups is 1. The van der Waals surface area contributed by atoms with Gasteiger partial charge < -0.3 is 9.47 Å². The van der Waals surface area contributed by atoms with Crippen molar-refractivity contribution in [3.63, 3.8) is 0 Å². The number of ether oxygens (including phenoxy) is 2. The van der Waals surface area contributed by atoms with Gasteiger partial charge >= 0.3 is 5.97 Å². The Kier molecular flexibility index (Phi) is 6.00. The third-order valence-corrected chi connectivity index (χ3v) is 6.89. The van der Waals surface area contributed by atoms with Crippen molar-refractivity contribution >= 4 is 5.97 Å². The van der Waals surface area contributed by atoms with E-state index >= 15 is 0 Å². The molecule has 3 aliphatic rings. The zero-order valence-corrected chi connectivity index (χ0v) is 20.2. The molecule has 0 N–H and O–H groups in total. The lowest BCUT2D eigenvalue weighted by molar-refractivity contribution is -0.164. The van der Waals surface area contributed by atoms with Crippen LogP contribution in [-0.4, -0.2) is 22.3 Å². The van der Waals surface area contributed by atoms with Crippen LogP contribution in [0.2, 0.25) is 0 Å². The molecule has 0 amide bonds. The Hall–Kier alpha value is -1.42. The lowest BCUT2D eigenvalue weighted by Gasteiger charge is -2.29.